The number of nitrogens with zero attached hydrogens (tertiary/aromatic N) is 3. The standard InChI is InChI=1S/C25H24N4O3S2/c1-4-32-18-11-9-17(10-12-18)27-22(30)15-33-23-14-13-20(28-29-23)24-16(2)26-25(34-24)19-7-5-6-8-21(19)31-3/h5-14H,4,15H2,1-3H3,(H,27,30). The fourth-order valence-electron chi connectivity index (χ4n) is 3.23. The summed E-state index contributed by atoms with van der Waals surface area (Å²) in [4.78, 5) is 18.0. The lowest BCUT2D eigenvalue weighted by molar-refractivity contribution is -0.113. The number of ether oxygens (including phenoxy) is 2. The molecule has 1 N–H and O–H groups in total. The number of para-hydroxylation sites is 1. The van der Waals surface area contributed by atoms with Crippen molar-refractivity contribution < 1.29 is 14.3 Å². The van der Waals surface area contributed by atoms with Crippen molar-refractivity contribution in [3.63, 3.8) is 0 Å². The monoisotopic (exact) mass is 492 g/mol. The second-order valence-electron chi connectivity index (χ2n) is 7.18. The number of aromatic nitrogens is 3. The molecule has 1 amide bonds. The Bertz CT molecular complexity index is 1260. The highest BCUT2D eigenvalue weighted by molar-refractivity contribution is 7.99. The Hall–Kier alpha value is -3.43. The minimum atomic E-state index is -0.111. The van der Waals surface area contributed by atoms with Gasteiger partial charge in [-0.15, -0.1) is 21.5 Å². The number of methoxy groups -OCH3 is 1. The van der Waals surface area contributed by atoms with Gasteiger partial charge in [0.1, 0.15) is 27.2 Å². The number of aryl methyl sites for hydroxylation is 1. The number of carbonyl (C=O) groups excluding carboxylic acids is 1. The molecule has 0 saturated carbocycles. The van der Waals surface area contributed by atoms with E-state index in [9.17, 15) is 4.79 Å². The van der Waals surface area contributed by atoms with Crippen molar-refractivity contribution >= 4 is 34.7 Å². The molecule has 0 aliphatic carbocycles. The fraction of sp³-hybridized carbons (Fsp3) is 0.200. The smallest absolute Gasteiger partial charge is 0.234 e. The van der Waals surface area contributed by atoms with Gasteiger partial charge in [-0.3, -0.25) is 4.79 Å². The lowest BCUT2D eigenvalue weighted by Crippen LogP contribution is -2.14. The van der Waals surface area contributed by atoms with Crippen LogP contribution in [0.2, 0.25) is 0 Å². The SMILES string of the molecule is CCOc1ccc(NC(=O)CSc2ccc(-c3sc(-c4ccccc4OC)nc3C)nn2)cc1. The molecule has 0 spiro atoms. The van der Waals surface area contributed by atoms with Gasteiger partial charge in [0.05, 0.1) is 35.6 Å². The van der Waals surface area contributed by atoms with Gasteiger partial charge in [0.2, 0.25) is 5.91 Å². The molecular weight excluding hydrogens is 468 g/mol. The highest BCUT2D eigenvalue weighted by Gasteiger charge is 2.16. The molecule has 2 heterocycles. The molecule has 0 atom stereocenters. The van der Waals surface area contributed by atoms with E-state index >= 15 is 0 Å². The average molecular weight is 493 g/mol. The summed E-state index contributed by atoms with van der Waals surface area (Å²) in [6.45, 7) is 4.49. The molecule has 0 radical (unpaired) electrons. The van der Waals surface area contributed by atoms with Crippen LogP contribution in [0.25, 0.3) is 21.1 Å². The highest BCUT2D eigenvalue weighted by Crippen LogP contribution is 2.38. The summed E-state index contributed by atoms with van der Waals surface area (Å²) in [6.07, 6.45) is 0. The molecule has 7 nitrogen and oxygen atoms in total. The Morgan fingerprint density at radius 2 is 1.85 bits per heavy atom. The number of thiazole rings is 1. The van der Waals surface area contributed by atoms with E-state index in [0.717, 1.165) is 44.0 Å². The summed E-state index contributed by atoms with van der Waals surface area (Å²) in [5.41, 5.74) is 3.31. The first kappa shape index (κ1) is 23.7. The van der Waals surface area contributed by atoms with Gasteiger partial charge in [-0.05, 0) is 62.4 Å². The minimum absolute atomic E-state index is 0.111. The maximum Gasteiger partial charge on any atom is 0.234 e. The molecule has 0 unspecified atom stereocenters. The van der Waals surface area contributed by atoms with Gasteiger partial charge in [-0.25, -0.2) is 4.98 Å². The maximum atomic E-state index is 12.3. The van der Waals surface area contributed by atoms with E-state index < -0.39 is 0 Å². The van der Waals surface area contributed by atoms with Crippen LogP contribution in [0.5, 0.6) is 11.5 Å². The lowest BCUT2D eigenvalue weighted by atomic mass is 10.2. The van der Waals surface area contributed by atoms with E-state index in [1.807, 2.05) is 74.5 Å². The van der Waals surface area contributed by atoms with E-state index in [0.29, 0.717) is 11.6 Å². The predicted octanol–water partition coefficient (Wildman–Crippen LogP) is 5.71. The number of amides is 1. The Morgan fingerprint density at radius 1 is 1.06 bits per heavy atom. The Kier molecular flexibility index (Phi) is 7.76. The second-order valence-corrected chi connectivity index (χ2v) is 9.18. The number of carbonyl (C=O) groups is 1. The van der Waals surface area contributed by atoms with Crippen molar-refractivity contribution in [2.45, 2.75) is 18.9 Å². The van der Waals surface area contributed by atoms with Crippen molar-refractivity contribution in [2.24, 2.45) is 0 Å². The first-order valence-electron chi connectivity index (χ1n) is 10.7. The first-order valence-corrected chi connectivity index (χ1v) is 12.5. The number of benzene rings is 2. The molecular formula is C25H24N4O3S2. The molecule has 0 aliphatic heterocycles. The zero-order valence-corrected chi connectivity index (χ0v) is 20.7. The minimum Gasteiger partial charge on any atom is -0.496 e. The quantitative estimate of drug-likeness (QED) is 0.299. The highest BCUT2D eigenvalue weighted by atomic mass is 32.2. The van der Waals surface area contributed by atoms with Crippen LogP contribution in [-0.4, -0.2) is 40.6 Å². The number of rotatable bonds is 9. The largest absolute Gasteiger partial charge is 0.496 e. The summed E-state index contributed by atoms with van der Waals surface area (Å²) in [5.74, 6) is 1.68. The Morgan fingerprint density at radius 3 is 2.56 bits per heavy atom. The number of thioether (sulfide) groups is 1. The van der Waals surface area contributed by atoms with Gasteiger partial charge in [-0.2, -0.15) is 0 Å². The van der Waals surface area contributed by atoms with Gasteiger partial charge in [0, 0.05) is 5.69 Å². The molecule has 34 heavy (non-hydrogen) atoms. The van der Waals surface area contributed by atoms with Gasteiger partial charge in [0.15, 0.2) is 0 Å². The van der Waals surface area contributed by atoms with Crippen LogP contribution in [0.15, 0.2) is 65.7 Å². The van der Waals surface area contributed by atoms with E-state index in [4.69, 9.17) is 14.5 Å². The molecule has 4 aromatic rings. The summed E-state index contributed by atoms with van der Waals surface area (Å²) in [6, 6.07) is 18.9. The van der Waals surface area contributed by atoms with Crippen LogP contribution in [0.3, 0.4) is 0 Å². The normalized spacial score (nSPS) is 10.7. The van der Waals surface area contributed by atoms with Crippen molar-refractivity contribution in [1.82, 2.24) is 15.2 Å². The topological polar surface area (TPSA) is 86.2 Å². The number of anilines is 1. The fourth-order valence-corrected chi connectivity index (χ4v) is 4.90. The van der Waals surface area contributed by atoms with Crippen molar-refractivity contribution in [3.8, 4) is 32.6 Å². The van der Waals surface area contributed by atoms with E-state index in [-0.39, 0.29) is 11.7 Å². The van der Waals surface area contributed by atoms with E-state index in [2.05, 4.69) is 15.5 Å². The molecule has 9 heteroatoms. The molecule has 0 fully saturated rings. The van der Waals surface area contributed by atoms with Crippen molar-refractivity contribution in [1.29, 1.82) is 0 Å². The zero-order chi connectivity index (χ0) is 23.9. The third-order valence-electron chi connectivity index (χ3n) is 4.81. The van der Waals surface area contributed by atoms with Gasteiger partial charge in [0.25, 0.3) is 0 Å². The predicted molar refractivity (Wildman–Crippen MR) is 137 cm³/mol. The summed E-state index contributed by atoms with van der Waals surface area (Å²) in [7, 11) is 1.65. The molecule has 2 aromatic heterocycles. The van der Waals surface area contributed by atoms with E-state index in [1.54, 1.807) is 18.4 Å². The summed E-state index contributed by atoms with van der Waals surface area (Å²) in [5, 5.41) is 13.1. The van der Waals surface area contributed by atoms with E-state index in [1.165, 1.54) is 11.8 Å². The molecule has 4 rings (SSSR count). The number of hydrogen-bond acceptors (Lipinski definition) is 8. The van der Waals surface area contributed by atoms with Crippen LogP contribution in [-0.2, 0) is 4.79 Å². The lowest BCUT2D eigenvalue weighted by Gasteiger charge is -2.07. The zero-order valence-electron chi connectivity index (χ0n) is 19.1. The van der Waals surface area contributed by atoms with Crippen LogP contribution >= 0.6 is 23.1 Å². The third-order valence-corrected chi connectivity index (χ3v) is 6.94. The van der Waals surface area contributed by atoms with Crippen LogP contribution < -0.4 is 14.8 Å². The van der Waals surface area contributed by atoms with Gasteiger partial charge in [-0.1, -0.05) is 23.9 Å². The van der Waals surface area contributed by atoms with Crippen LogP contribution in [0, 0.1) is 6.92 Å². The van der Waals surface area contributed by atoms with Gasteiger partial charge >= 0.3 is 0 Å². The molecule has 0 saturated heterocycles. The molecule has 174 valence electrons. The maximum absolute atomic E-state index is 12.3. The van der Waals surface area contributed by atoms with Crippen molar-refractivity contribution in [2.75, 3.05) is 24.8 Å². The summed E-state index contributed by atoms with van der Waals surface area (Å²) >= 11 is 2.89. The molecule has 0 bridgehead atoms. The molecule has 0 aliphatic rings. The average Bonchev–Trinajstić information content (AvgIpc) is 3.25. The number of nitrogens with one attached hydrogen (secondary N) is 1. The van der Waals surface area contributed by atoms with Gasteiger partial charge < -0.3 is 14.8 Å². The Balaban J connectivity index is 1.38. The second kappa shape index (κ2) is 11.1. The third kappa shape index (κ3) is 5.73. The number of hydrogen-bond donors (Lipinski definition) is 1. The van der Waals surface area contributed by atoms with Crippen LogP contribution in [0.4, 0.5) is 5.69 Å². The first-order chi connectivity index (χ1) is 16.6. The Labute approximate surface area is 206 Å². The van der Waals surface area contributed by atoms with Crippen LogP contribution in [0.1, 0.15) is 12.6 Å². The summed E-state index contributed by atoms with van der Waals surface area (Å²) < 4.78 is 10.9. The molecule has 2 aromatic carbocycles. The van der Waals surface area contributed by atoms with Crippen molar-refractivity contribution in [3.05, 3.63) is 66.4 Å².